The van der Waals surface area contributed by atoms with Crippen molar-refractivity contribution in [2.45, 2.75) is 6.92 Å². The Morgan fingerprint density at radius 3 is 2.65 bits per heavy atom. The van der Waals surface area contributed by atoms with E-state index >= 15 is 0 Å². The van der Waals surface area contributed by atoms with Crippen LogP contribution in [-0.4, -0.2) is 26.1 Å². The van der Waals surface area contributed by atoms with Crippen LogP contribution in [0.5, 0.6) is 0 Å². The van der Waals surface area contributed by atoms with Crippen molar-refractivity contribution >= 4 is 11.6 Å². The molecule has 4 aromatic rings. The summed E-state index contributed by atoms with van der Waals surface area (Å²) < 4.78 is 5.25. The molecule has 0 aliphatic rings. The summed E-state index contributed by atoms with van der Waals surface area (Å²) in [4.78, 5) is 20.7. The number of benzene rings is 2. The molecule has 0 aliphatic carbocycles. The molecule has 4 rings (SSSR count). The molecule has 0 saturated heterocycles. The van der Waals surface area contributed by atoms with Crippen molar-refractivity contribution in [3.8, 4) is 22.7 Å². The molecule has 128 valence electrons. The number of rotatable bonds is 4. The number of nitrogens with one attached hydrogen (secondary N) is 2. The Labute approximate surface area is 149 Å². The second-order valence-electron chi connectivity index (χ2n) is 5.72. The van der Waals surface area contributed by atoms with Gasteiger partial charge in [0.25, 0.3) is 5.91 Å². The van der Waals surface area contributed by atoms with Gasteiger partial charge in [0.05, 0.1) is 6.20 Å². The van der Waals surface area contributed by atoms with Crippen LogP contribution >= 0.6 is 0 Å². The van der Waals surface area contributed by atoms with E-state index in [-0.39, 0.29) is 5.91 Å². The summed E-state index contributed by atoms with van der Waals surface area (Å²) in [6, 6.07) is 14.5. The van der Waals surface area contributed by atoms with Crippen LogP contribution in [0.3, 0.4) is 0 Å². The standard InChI is InChI=1S/C19H15N5O2/c1-12-21-18(24-23-12)15-3-2-4-16(9-15)22-19(25)14-7-5-13(6-8-14)17-10-20-11-26-17/h2-11H,1H3,(H,22,25)(H,21,23,24). The molecule has 2 N–H and O–H groups in total. The fourth-order valence-corrected chi connectivity index (χ4v) is 2.56. The Balaban J connectivity index is 1.51. The molecule has 0 bridgehead atoms. The van der Waals surface area contributed by atoms with Gasteiger partial charge >= 0.3 is 0 Å². The number of aryl methyl sites for hydroxylation is 1. The van der Waals surface area contributed by atoms with Gasteiger partial charge in [-0.05, 0) is 31.2 Å². The van der Waals surface area contributed by atoms with E-state index in [9.17, 15) is 4.79 Å². The van der Waals surface area contributed by atoms with Crippen molar-refractivity contribution in [3.05, 3.63) is 72.5 Å². The van der Waals surface area contributed by atoms with E-state index in [1.165, 1.54) is 6.39 Å². The molecule has 0 radical (unpaired) electrons. The van der Waals surface area contributed by atoms with Gasteiger partial charge in [-0.2, -0.15) is 5.10 Å². The summed E-state index contributed by atoms with van der Waals surface area (Å²) in [5, 5.41) is 9.83. The van der Waals surface area contributed by atoms with E-state index in [2.05, 4.69) is 25.5 Å². The average molecular weight is 345 g/mol. The van der Waals surface area contributed by atoms with Gasteiger partial charge in [-0.3, -0.25) is 9.89 Å². The monoisotopic (exact) mass is 345 g/mol. The number of oxazole rings is 1. The number of aromatic amines is 1. The van der Waals surface area contributed by atoms with Crippen LogP contribution in [0, 0.1) is 6.92 Å². The van der Waals surface area contributed by atoms with Gasteiger partial charge < -0.3 is 9.73 Å². The fraction of sp³-hybridized carbons (Fsp3) is 0.0526. The van der Waals surface area contributed by atoms with Crippen molar-refractivity contribution in [1.29, 1.82) is 0 Å². The van der Waals surface area contributed by atoms with E-state index in [1.54, 1.807) is 18.3 Å². The van der Waals surface area contributed by atoms with Crippen molar-refractivity contribution in [2.75, 3.05) is 5.32 Å². The maximum atomic E-state index is 12.5. The zero-order valence-electron chi connectivity index (χ0n) is 13.9. The van der Waals surface area contributed by atoms with Crippen molar-refractivity contribution in [2.24, 2.45) is 0 Å². The number of nitrogens with zero attached hydrogens (tertiary/aromatic N) is 3. The molecule has 2 aromatic heterocycles. The van der Waals surface area contributed by atoms with E-state index in [4.69, 9.17) is 4.42 Å². The predicted octanol–water partition coefficient (Wildman–Crippen LogP) is 3.69. The molecule has 2 heterocycles. The van der Waals surface area contributed by atoms with Crippen LogP contribution < -0.4 is 5.32 Å². The van der Waals surface area contributed by atoms with Crippen molar-refractivity contribution < 1.29 is 9.21 Å². The van der Waals surface area contributed by atoms with Crippen molar-refractivity contribution in [3.63, 3.8) is 0 Å². The first-order chi connectivity index (χ1) is 12.7. The SMILES string of the molecule is Cc1nc(-c2cccc(NC(=O)c3ccc(-c4cnco4)cc3)c2)n[nH]1. The summed E-state index contributed by atoms with van der Waals surface area (Å²) in [6.45, 7) is 1.84. The third-order valence-corrected chi connectivity index (χ3v) is 3.84. The predicted molar refractivity (Wildman–Crippen MR) is 96.4 cm³/mol. The largest absolute Gasteiger partial charge is 0.444 e. The molecule has 26 heavy (non-hydrogen) atoms. The van der Waals surface area contributed by atoms with Gasteiger partial charge in [0.1, 0.15) is 5.82 Å². The molecule has 0 fully saturated rings. The van der Waals surface area contributed by atoms with Gasteiger partial charge in [0.2, 0.25) is 0 Å². The lowest BCUT2D eigenvalue weighted by Gasteiger charge is -2.07. The lowest BCUT2D eigenvalue weighted by molar-refractivity contribution is 0.102. The van der Waals surface area contributed by atoms with E-state index in [1.807, 2.05) is 43.3 Å². The first-order valence-corrected chi connectivity index (χ1v) is 7.99. The molecule has 0 aliphatic heterocycles. The fourth-order valence-electron chi connectivity index (χ4n) is 2.56. The quantitative estimate of drug-likeness (QED) is 0.588. The lowest BCUT2D eigenvalue weighted by Crippen LogP contribution is -2.11. The summed E-state index contributed by atoms with van der Waals surface area (Å²) in [7, 11) is 0. The Morgan fingerprint density at radius 1 is 1.12 bits per heavy atom. The number of carbonyl (C=O) groups is 1. The van der Waals surface area contributed by atoms with Gasteiger partial charge in [0, 0.05) is 22.4 Å². The van der Waals surface area contributed by atoms with Crippen LogP contribution in [0.15, 0.2) is 65.5 Å². The zero-order chi connectivity index (χ0) is 17.9. The molecule has 1 amide bonds. The van der Waals surface area contributed by atoms with Crippen LogP contribution in [0.25, 0.3) is 22.7 Å². The second-order valence-corrected chi connectivity index (χ2v) is 5.72. The summed E-state index contributed by atoms with van der Waals surface area (Å²) in [5.74, 6) is 1.79. The molecule has 0 atom stereocenters. The Morgan fingerprint density at radius 2 is 1.96 bits per heavy atom. The number of aromatic nitrogens is 4. The molecule has 2 aromatic carbocycles. The highest BCUT2D eigenvalue weighted by atomic mass is 16.3. The van der Waals surface area contributed by atoms with Crippen LogP contribution in [0.4, 0.5) is 5.69 Å². The second kappa shape index (κ2) is 6.64. The topological polar surface area (TPSA) is 96.7 Å². The van der Waals surface area contributed by atoms with Crippen molar-refractivity contribution in [1.82, 2.24) is 20.2 Å². The minimum atomic E-state index is -0.197. The highest BCUT2D eigenvalue weighted by Crippen LogP contribution is 2.21. The molecule has 0 unspecified atom stereocenters. The average Bonchev–Trinajstić information content (AvgIpc) is 3.34. The third kappa shape index (κ3) is 3.23. The minimum Gasteiger partial charge on any atom is -0.444 e. The van der Waals surface area contributed by atoms with E-state index in [0.29, 0.717) is 22.8 Å². The van der Waals surface area contributed by atoms with Gasteiger partial charge in [-0.1, -0.05) is 24.3 Å². The van der Waals surface area contributed by atoms with E-state index in [0.717, 1.165) is 17.0 Å². The molecular formula is C19H15N5O2. The third-order valence-electron chi connectivity index (χ3n) is 3.84. The number of carbonyl (C=O) groups excluding carboxylic acids is 1. The lowest BCUT2D eigenvalue weighted by atomic mass is 10.1. The normalized spacial score (nSPS) is 10.7. The van der Waals surface area contributed by atoms with Gasteiger partial charge in [-0.25, -0.2) is 9.97 Å². The number of amides is 1. The molecule has 0 saturated carbocycles. The highest BCUT2D eigenvalue weighted by molar-refractivity contribution is 6.04. The van der Waals surface area contributed by atoms with Gasteiger partial charge in [0.15, 0.2) is 18.0 Å². The highest BCUT2D eigenvalue weighted by Gasteiger charge is 2.09. The Hall–Kier alpha value is -3.74. The van der Waals surface area contributed by atoms with Gasteiger partial charge in [-0.15, -0.1) is 0 Å². The first kappa shape index (κ1) is 15.8. The van der Waals surface area contributed by atoms with Crippen LogP contribution in [0.2, 0.25) is 0 Å². The van der Waals surface area contributed by atoms with Crippen LogP contribution in [-0.2, 0) is 0 Å². The number of hydrogen-bond donors (Lipinski definition) is 2. The molecule has 7 nitrogen and oxygen atoms in total. The summed E-state index contributed by atoms with van der Waals surface area (Å²) in [6.07, 6.45) is 3.00. The minimum absolute atomic E-state index is 0.197. The molecular weight excluding hydrogens is 330 g/mol. The number of anilines is 1. The Kier molecular flexibility index (Phi) is 4.03. The summed E-state index contributed by atoms with van der Waals surface area (Å²) >= 11 is 0. The number of hydrogen-bond acceptors (Lipinski definition) is 5. The van der Waals surface area contributed by atoms with E-state index < -0.39 is 0 Å². The molecule has 0 spiro atoms. The molecule has 7 heteroatoms. The Bertz CT molecular complexity index is 1040. The smallest absolute Gasteiger partial charge is 0.255 e. The summed E-state index contributed by atoms with van der Waals surface area (Å²) in [5.41, 5.74) is 2.91. The maximum absolute atomic E-state index is 12.5. The van der Waals surface area contributed by atoms with Crippen LogP contribution in [0.1, 0.15) is 16.2 Å². The first-order valence-electron chi connectivity index (χ1n) is 7.99. The zero-order valence-corrected chi connectivity index (χ0v) is 13.9. The maximum Gasteiger partial charge on any atom is 0.255 e. The number of H-pyrrole nitrogens is 1.